The third-order valence-corrected chi connectivity index (χ3v) is 5.02. The number of ether oxygens (including phenoxy) is 1. The lowest BCUT2D eigenvalue weighted by atomic mass is 10.0. The lowest BCUT2D eigenvalue weighted by Gasteiger charge is -2.10. The number of carbonyl (C=O) groups excluding carboxylic acids is 1. The maximum atomic E-state index is 11.8. The molecule has 1 heterocycles. The molecule has 0 aliphatic heterocycles. The zero-order chi connectivity index (χ0) is 20.3. The quantitative estimate of drug-likeness (QED) is 0.336. The van der Waals surface area contributed by atoms with Crippen LogP contribution in [0, 0.1) is 0 Å². The van der Waals surface area contributed by atoms with E-state index in [4.69, 9.17) is 27.9 Å². The van der Waals surface area contributed by atoms with Gasteiger partial charge in [0, 0.05) is 39.8 Å². The minimum absolute atomic E-state index is 0.346. The van der Waals surface area contributed by atoms with Gasteiger partial charge in [0.1, 0.15) is 0 Å². The summed E-state index contributed by atoms with van der Waals surface area (Å²) in [6.45, 7) is 8.79. The molecule has 0 aliphatic carbocycles. The number of esters is 1. The summed E-state index contributed by atoms with van der Waals surface area (Å²) in [5, 5.41) is 2.29. The second kappa shape index (κ2) is 8.68. The molecular weight excluding hydrogens is 393 g/mol. The summed E-state index contributed by atoms with van der Waals surface area (Å²) in [6, 6.07) is 11.5. The molecule has 5 heteroatoms. The van der Waals surface area contributed by atoms with Crippen LogP contribution in [0.15, 0.2) is 55.3 Å². The van der Waals surface area contributed by atoms with Crippen molar-refractivity contribution in [3.63, 3.8) is 0 Å². The highest BCUT2D eigenvalue weighted by Crippen LogP contribution is 2.31. The van der Waals surface area contributed by atoms with E-state index in [2.05, 4.69) is 23.4 Å². The van der Waals surface area contributed by atoms with Gasteiger partial charge in [-0.05, 0) is 48.8 Å². The van der Waals surface area contributed by atoms with Crippen LogP contribution < -0.4 is 0 Å². The number of hydrogen-bond donors (Lipinski definition) is 0. The Labute approximate surface area is 174 Å². The highest BCUT2D eigenvalue weighted by molar-refractivity contribution is 6.35. The first-order chi connectivity index (χ1) is 13.4. The molecule has 144 valence electrons. The first kappa shape index (κ1) is 20.2. The fourth-order valence-electron chi connectivity index (χ4n) is 3.17. The standard InChI is InChI=1S/C23H21Cl2NO2/c1-4-28-22(27)11-9-16-6-5-7-19-20(15(2)3)14-26(23(16)19)13-17-8-10-18(24)12-21(17)25/h5-12,14H,2,4,13H2,1,3H3/b11-9+. The van der Waals surface area contributed by atoms with Crippen molar-refractivity contribution in [3.05, 3.63) is 82.0 Å². The number of allylic oxidation sites excluding steroid dienone is 1. The summed E-state index contributed by atoms with van der Waals surface area (Å²) < 4.78 is 7.12. The van der Waals surface area contributed by atoms with Crippen molar-refractivity contribution in [2.24, 2.45) is 0 Å². The molecular formula is C23H21Cl2NO2. The van der Waals surface area contributed by atoms with Gasteiger partial charge in [-0.1, -0.05) is 54.0 Å². The summed E-state index contributed by atoms with van der Waals surface area (Å²) in [5.41, 5.74) is 4.92. The number of hydrogen-bond acceptors (Lipinski definition) is 2. The van der Waals surface area contributed by atoms with Gasteiger partial charge < -0.3 is 9.30 Å². The average Bonchev–Trinajstić information content (AvgIpc) is 3.02. The smallest absolute Gasteiger partial charge is 0.330 e. The van der Waals surface area contributed by atoms with Gasteiger partial charge >= 0.3 is 5.97 Å². The van der Waals surface area contributed by atoms with Crippen LogP contribution in [0.25, 0.3) is 22.6 Å². The summed E-state index contributed by atoms with van der Waals surface area (Å²) in [6.07, 6.45) is 5.30. The van der Waals surface area contributed by atoms with Crippen LogP contribution in [0.5, 0.6) is 0 Å². The molecule has 2 aromatic carbocycles. The Morgan fingerprint density at radius 2 is 2.04 bits per heavy atom. The van der Waals surface area contributed by atoms with Crippen LogP contribution in [0.4, 0.5) is 0 Å². The van der Waals surface area contributed by atoms with Crippen molar-refractivity contribution in [2.45, 2.75) is 20.4 Å². The zero-order valence-electron chi connectivity index (χ0n) is 15.8. The van der Waals surface area contributed by atoms with Crippen molar-refractivity contribution >= 4 is 51.7 Å². The van der Waals surface area contributed by atoms with E-state index in [1.165, 1.54) is 6.08 Å². The average molecular weight is 414 g/mol. The minimum Gasteiger partial charge on any atom is -0.463 e. The number of fused-ring (bicyclic) bond motifs is 1. The topological polar surface area (TPSA) is 31.2 Å². The van der Waals surface area contributed by atoms with Crippen LogP contribution >= 0.6 is 23.2 Å². The zero-order valence-corrected chi connectivity index (χ0v) is 17.3. The maximum Gasteiger partial charge on any atom is 0.330 e. The van der Waals surface area contributed by atoms with E-state index in [-0.39, 0.29) is 5.97 Å². The lowest BCUT2D eigenvalue weighted by molar-refractivity contribution is -0.137. The molecule has 0 aliphatic rings. The van der Waals surface area contributed by atoms with Crippen LogP contribution in [-0.4, -0.2) is 17.1 Å². The Morgan fingerprint density at radius 3 is 2.71 bits per heavy atom. The molecule has 0 bridgehead atoms. The Bertz CT molecular complexity index is 1080. The van der Waals surface area contributed by atoms with Crippen molar-refractivity contribution in [1.29, 1.82) is 0 Å². The van der Waals surface area contributed by atoms with Crippen LogP contribution in [-0.2, 0) is 16.1 Å². The lowest BCUT2D eigenvalue weighted by Crippen LogP contribution is -2.01. The van der Waals surface area contributed by atoms with Crippen molar-refractivity contribution < 1.29 is 9.53 Å². The van der Waals surface area contributed by atoms with E-state index >= 15 is 0 Å². The summed E-state index contributed by atoms with van der Waals surface area (Å²) in [5.74, 6) is -0.363. The van der Waals surface area contributed by atoms with Gasteiger partial charge in [-0.3, -0.25) is 0 Å². The van der Waals surface area contributed by atoms with Crippen molar-refractivity contribution in [2.75, 3.05) is 6.61 Å². The van der Waals surface area contributed by atoms with Crippen LogP contribution in [0.3, 0.4) is 0 Å². The van der Waals surface area contributed by atoms with E-state index in [0.717, 1.165) is 33.2 Å². The highest BCUT2D eigenvalue weighted by atomic mass is 35.5. The fourth-order valence-corrected chi connectivity index (χ4v) is 3.64. The Morgan fingerprint density at radius 1 is 1.25 bits per heavy atom. The molecule has 3 aromatic rings. The molecule has 0 saturated heterocycles. The highest BCUT2D eigenvalue weighted by Gasteiger charge is 2.13. The minimum atomic E-state index is -0.363. The summed E-state index contributed by atoms with van der Waals surface area (Å²) >= 11 is 12.4. The number of halogens is 2. The SMILES string of the molecule is C=C(C)c1cn(Cc2ccc(Cl)cc2Cl)c2c(/C=C/C(=O)OCC)cccc12. The first-order valence-electron chi connectivity index (χ1n) is 8.97. The monoisotopic (exact) mass is 413 g/mol. The fraction of sp³-hybridized carbons (Fsp3) is 0.174. The first-order valence-corrected chi connectivity index (χ1v) is 9.72. The molecule has 28 heavy (non-hydrogen) atoms. The van der Waals surface area contributed by atoms with E-state index in [1.54, 1.807) is 19.1 Å². The van der Waals surface area contributed by atoms with Gasteiger partial charge in [0.25, 0.3) is 0 Å². The third kappa shape index (κ3) is 4.32. The number of aromatic nitrogens is 1. The molecule has 0 radical (unpaired) electrons. The van der Waals surface area contributed by atoms with Gasteiger partial charge in [0.2, 0.25) is 0 Å². The maximum absolute atomic E-state index is 11.8. The molecule has 0 spiro atoms. The molecule has 0 N–H and O–H groups in total. The molecule has 0 atom stereocenters. The second-order valence-corrected chi connectivity index (χ2v) is 7.36. The molecule has 0 unspecified atom stereocenters. The number of rotatable bonds is 6. The van der Waals surface area contributed by atoms with Gasteiger partial charge in [0.05, 0.1) is 12.1 Å². The predicted molar refractivity (Wildman–Crippen MR) is 118 cm³/mol. The second-order valence-electron chi connectivity index (χ2n) is 6.52. The van der Waals surface area contributed by atoms with Crippen molar-refractivity contribution in [3.8, 4) is 0 Å². The van der Waals surface area contributed by atoms with Gasteiger partial charge in [-0.25, -0.2) is 4.79 Å². The summed E-state index contributed by atoms with van der Waals surface area (Å²) in [7, 11) is 0. The van der Waals surface area contributed by atoms with Gasteiger partial charge in [-0.15, -0.1) is 0 Å². The van der Waals surface area contributed by atoms with E-state index in [0.29, 0.717) is 23.2 Å². The number of carbonyl (C=O) groups is 1. The van der Waals surface area contributed by atoms with Crippen LogP contribution in [0.1, 0.15) is 30.5 Å². The van der Waals surface area contributed by atoms with Gasteiger partial charge in [0.15, 0.2) is 0 Å². The molecule has 0 saturated carbocycles. The number of benzene rings is 2. The van der Waals surface area contributed by atoms with Crippen molar-refractivity contribution in [1.82, 2.24) is 4.57 Å². The Kier molecular flexibility index (Phi) is 6.28. The van der Waals surface area contributed by atoms with E-state index in [1.807, 2.05) is 31.2 Å². The Hall–Kier alpha value is -2.49. The largest absolute Gasteiger partial charge is 0.463 e. The predicted octanol–water partition coefficient (Wildman–Crippen LogP) is 6.61. The molecule has 3 rings (SSSR count). The number of para-hydroxylation sites is 1. The Balaban J connectivity index is 2.13. The normalized spacial score (nSPS) is 11.3. The molecule has 0 fully saturated rings. The van der Waals surface area contributed by atoms with Gasteiger partial charge in [-0.2, -0.15) is 0 Å². The van der Waals surface area contributed by atoms with E-state index < -0.39 is 0 Å². The third-order valence-electron chi connectivity index (χ3n) is 4.43. The number of nitrogens with zero attached hydrogens (tertiary/aromatic N) is 1. The molecule has 3 nitrogen and oxygen atoms in total. The van der Waals surface area contributed by atoms with Crippen LogP contribution in [0.2, 0.25) is 10.0 Å². The molecule has 1 aromatic heterocycles. The van der Waals surface area contributed by atoms with E-state index in [9.17, 15) is 4.79 Å². The summed E-state index contributed by atoms with van der Waals surface area (Å²) in [4.78, 5) is 11.8. The molecule has 0 amide bonds.